The van der Waals surface area contributed by atoms with Crippen LogP contribution in [0.4, 0.5) is 5.69 Å². The zero-order chi connectivity index (χ0) is 12.8. The lowest BCUT2D eigenvalue weighted by atomic mass is 10.0. The summed E-state index contributed by atoms with van der Waals surface area (Å²) in [6.45, 7) is 1.81. The van der Waals surface area contributed by atoms with E-state index in [0.717, 1.165) is 5.56 Å². The maximum atomic E-state index is 10.4. The molecular weight excluding hydrogens is 222 g/mol. The van der Waals surface area contributed by atoms with Gasteiger partial charge in [0.05, 0.1) is 17.1 Å². The quantitative estimate of drug-likeness (QED) is 0.584. The molecule has 17 heavy (non-hydrogen) atoms. The van der Waals surface area contributed by atoms with Crippen molar-refractivity contribution in [1.82, 2.24) is 0 Å². The first-order chi connectivity index (χ1) is 8.04. The third kappa shape index (κ3) is 4.13. The van der Waals surface area contributed by atoms with E-state index >= 15 is 0 Å². The second kappa shape index (κ2) is 6.32. The normalized spacial score (nSPS) is 14.3. The van der Waals surface area contributed by atoms with Crippen LogP contribution < -0.4 is 0 Å². The summed E-state index contributed by atoms with van der Waals surface area (Å²) in [6, 6.07) is 6.22. The lowest BCUT2D eigenvalue weighted by Gasteiger charge is -2.15. The van der Waals surface area contributed by atoms with Gasteiger partial charge in [0.1, 0.15) is 0 Å². The molecule has 5 nitrogen and oxygen atoms in total. The van der Waals surface area contributed by atoms with Crippen LogP contribution in [0, 0.1) is 10.1 Å². The van der Waals surface area contributed by atoms with Crippen molar-refractivity contribution >= 4 is 5.69 Å². The van der Waals surface area contributed by atoms with E-state index in [4.69, 9.17) is 0 Å². The lowest BCUT2D eigenvalue weighted by molar-refractivity contribution is -0.384. The SMILES string of the molecule is CCC(O)C(O)CCc1ccc([N+](=O)[O-])cc1. The molecule has 2 N–H and O–H groups in total. The van der Waals surface area contributed by atoms with Crippen LogP contribution in [-0.2, 0) is 6.42 Å². The fourth-order valence-corrected chi connectivity index (χ4v) is 1.56. The van der Waals surface area contributed by atoms with Gasteiger partial charge in [0.25, 0.3) is 5.69 Å². The Morgan fingerprint density at radius 2 is 1.82 bits per heavy atom. The Hall–Kier alpha value is -1.46. The van der Waals surface area contributed by atoms with Gasteiger partial charge < -0.3 is 10.2 Å². The smallest absolute Gasteiger partial charge is 0.269 e. The van der Waals surface area contributed by atoms with Crippen molar-refractivity contribution in [3.63, 3.8) is 0 Å². The Bertz CT molecular complexity index is 363. The van der Waals surface area contributed by atoms with E-state index in [1.54, 1.807) is 19.1 Å². The molecule has 2 atom stereocenters. The maximum absolute atomic E-state index is 10.4. The number of nitrogens with zero attached hydrogens (tertiary/aromatic N) is 1. The van der Waals surface area contributed by atoms with Crippen LogP contribution in [0.1, 0.15) is 25.3 Å². The molecule has 0 spiro atoms. The molecule has 0 aliphatic rings. The van der Waals surface area contributed by atoms with Crippen molar-refractivity contribution in [3.8, 4) is 0 Å². The van der Waals surface area contributed by atoms with E-state index in [1.807, 2.05) is 0 Å². The van der Waals surface area contributed by atoms with Gasteiger partial charge in [-0.1, -0.05) is 19.1 Å². The van der Waals surface area contributed by atoms with Crippen molar-refractivity contribution in [3.05, 3.63) is 39.9 Å². The first-order valence-corrected chi connectivity index (χ1v) is 5.64. The Morgan fingerprint density at radius 3 is 2.29 bits per heavy atom. The summed E-state index contributed by atoms with van der Waals surface area (Å²) in [5.41, 5.74) is 0.973. The van der Waals surface area contributed by atoms with Gasteiger partial charge in [0.2, 0.25) is 0 Å². The fourth-order valence-electron chi connectivity index (χ4n) is 1.56. The number of benzene rings is 1. The molecule has 1 rings (SSSR count). The molecule has 0 aromatic heterocycles. The van der Waals surface area contributed by atoms with Crippen molar-refractivity contribution in [2.45, 2.75) is 38.4 Å². The summed E-state index contributed by atoms with van der Waals surface area (Å²) in [5, 5.41) is 29.4. The number of nitro benzene ring substituents is 1. The Labute approximate surface area is 99.9 Å². The molecule has 0 heterocycles. The highest BCUT2D eigenvalue weighted by atomic mass is 16.6. The number of rotatable bonds is 6. The van der Waals surface area contributed by atoms with E-state index in [0.29, 0.717) is 19.3 Å². The van der Waals surface area contributed by atoms with Crippen LogP contribution >= 0.6 is 0 Å². The highest BCUT2D eigenvalue weighted by Crippen LogP contribution is 2.14. The zero-order valence-electron chi connectivity index (χ0n) is 9.74. The first kappa shape index (κ1) is 13.6. The standard InChI is InChI=1S/C12H17NO4/c1-2-11(14)12(15)8-5-9-3-6-10(7-4-9)13(16)17/h3-4,6-7,11-12,14-15H,2,5,8H2,1H3. The largest absolute Gasteiger partial charge is 0.390 e. The molecule has 1 aromatic rings. The first-order valence-electron chi connectivity index (χ1n) is 5.64. The molecule has 0 fully saturated rings. The highest BCUT2D eigenvalue weighted by molar-refractivity contribution is 5.32. The summed E-state index contributed by atoms with van der Waals surface area (Å²) in [7, 11) is 0. The molecule has 2 unspecified atom stereocenters. The van der Waals surface area contributed by atoms with Gasteiger partial charge in [0, 0.05) is 12.1 Å². The predicted molar refractivity (Wildman–Crippen MR) is 63.7 cm³/mol. The summed E-state index contributed by atoms with van der Waals surface area (Å²) < 4.78 is 0. The molecule has 1 aromatic carbocycles. The minimum atomic E-state index is -0.741. The van der Waals surface area contributed by atoms with Crippen molar-refractivity contribution < 1.29 is 15.1 Å². The molecule has 0 saturated carbocycles. The zero-order valence-corrected chi connectivity index (χ0v) is 9.74. The molecule has 0 aliphatic heterocycles. The number of aliphatic hydroxyl groups excluding tert-OH is 2. The van der Waals surface area contributed by atoms with E-state index in [1.165, 1.54) is 12.1 Å². The lowest BCUT2D eigenvalue weighted by Crippen LogP contribution is -2.25. The van der Waals surface area contributed by atoms with Gasteiger partial charge in [0.15, 0.2) is 0 Å². The van der Waals surface area contributed by atoms with Gasteiger partial charge in [-0.2, -0.15) is 0 Å². The summed E-state index contributed by atoms with van der Waals surface area (Å²) in [6.07, 6.45) is 0.119. The number of aryl methyl sites for hydroxylation is 1. The van der Waals surface area contributed by atoms with Gasteiger partial charge in [-0.15, -0.1) is 0 Å². The van der Waals surface area contributed by atoms with Gasteiger partial charge >= 0.3 is 0 Å². The second-order valence-electron chi connectivity index (χ2n) is 4.01. The van der Waals surface area contributed by atoms with E-state index in [2.05, 4.69) is 0 Å². The molecule has 0 saturated heterocycles. The maximum Gasteiger partial charge on any atom is 0.269 e. The van der Waals surface area contributed by atoms with Crippen LogP contribution in [0.5, 0.6) is 0 Å². The van der Waals surface area contributed by atoms with Crippen LogP contribution in [-0.4, -0.2) is 27.3 Å². The summed E-state index contributed by atoms with van der Waals surface area (Å²) in [5.74, 6) is 0. The predicted octanol–water partition coefficient (Wildman–Crippen LogP) is 1.66. The summed E-state index contributed by atoms with van der Waals surface area (Å²) in [4.78, 5) is 9.99. The van der Waals surface area contributed by atoms with E-state index in [-0.39, 0.29) is 5.69 Å². The number of hydrogen-bond acceptors (Lipinski definition) is 4. The van der Waals surface area contributed by atoms with Crippen LogP contribution in [0.3, 0.4) is 0 Å². The molecule has 0 aliphatic carbocycles. The molecule has 0 radical (unpaired) electrons. The van der Waals surface area contributed by atoms with Crippen LogP contribution in [0.15, 0.2) is 24.3 Å². The molecular formula is C12H17NO4. The Morgan fingerprint density at radius 1 is 1.24 bits per heavy atom. The number of hydrogen-bond donors (Lipinski definition) is 2. The molecule has 94 valence electrons. The van der Waals surface area contributed by atoms with Gasteiger partial charge in [-0.25, -0.2) is 0 Å². The monoisotopic (exact) mass is 239 g/mol. The number of aliphatic hydroxyl groups is 2. The summed E-state index contributed by atoms with van der Waals surface area (Å²) >= 11 is 0. The van der Waals surface area contributed by atoms with Crippen molar-refractivity contribution in [2.24, 2.45) is 0 Å². The third-order valence-electron chi connectivity index (χ3n) is 2.74. The van der Waals surface area contributed by atoms with Crippen LogP contribution in [0.25, 0.3) is 0 Å². The molecule has 5 heteroatoms. The topological polar surface area (TPSA) is 83.6 Å². The average Bonchev–Trinajstić information content (AvgIpc) is 2.35. The van der Waals surface area contributed by atoms with Gasteiger partial charge in [-0.05, 0) is 24.8 Å². The minimum absolute atomic E-state index is 0.0582. The van der Waals surface area contributed by atoms with Crippen molar-refractivity contribution in [1.29, 1.82) is 0 Å². The Kier molecular flexibility index (Phi) is 5.06. The fraction of sp³-hybridized carbons (Fsp3) is 0.500. The average molecular weight is 239 g/mol. The van der Waals surface area contributed by atoms with E-state index in [9.17, 15) is 20.3 Å². The number of non-ortho nitro benzene ring substituents is 1. The third-order valence-corrected chi connectivity index (χ3v) is 2.74. The van der Waals surface area contributed by atoms with Crippen LogP contribution in [0.2, 0.25) is 0 Å². The second-order valence-corrected chi connectivity index (χ2v) is 4.01. The molecule has 0 amide bonds. The van der Waals surface area contributed by atoms with Gasteiger partial charge in [-0.3, -0.25) is 10.1 Å². The molecule has 0 bridgehead atoms. The Balaban J connectivity index is 2.50. The highest BCUT2D eigenvalue weighted by Gasteiger charge is 2.14. The number of nitro groups is 1. The van der Waals surface area contributed by atoms with Crippen molar-refractivity contribution in [2.75, 3.05) is 0 Å². The minimum Gasteiger partial charge on any atom is -0.390 e. The van der Waals surface area contributed by atoms with E-state index < -0.39 is 17.1 Å².